The molecule has 5 N–H and O–H groups in total. The Bertz CT molecular complexity index is 4070. The molecule has 496 valence electrons. The van der Waals surface area contributed by atoms with E-state index >= 15 is 4.57 Å². The van der Waals surface area contributed by atoms with Crippen LogP contribution in [-0.2, 0) is 50.7 Å². The first-order valence-corrected chi connectivity index (χ1v) is 36.7. The van der Waals surface area contributed by atoms with Crippen molar-refractivity contribution in [1.82, 2.24) is 39.0 Å². The van der Waals surface area contributed by atoms with Crippen LogP contribution in [0.25, 0.3) is 22.3 Å². The smallest absolute Gasteiger partial charge is 0.497 e. The van der Waals surface area contributed by atoms with Crippen molar-refractivity contribution in [2.75, 3.05) is 50.4 Å². The number of hydrogen-bond donors (Lipinski definition) is 5. The molecular weight excluding hydrogens is 1290 g/mol. The maximum Gasteiger partial charge on any atom is 0.695 e. The fourth-order valence-electron chi connectivity index (χ4n) is 11.0. The number of ether oxygens (including phenoxy) is 4. The van der Waals surface area contributed by atoms with Gasteiger partial charge >= 0.3 is 16.1 Å². The summed E-state index contributed by atoms with van der Waals surface area (Å²) in [7, 11) is -8.21. The molecule has 0 aliphatic carbocycles. The molecular formula is C63H74N11O16P2SSi+. The second-order valence-corrected chi connectivity index (χ2v) is 32.4. The molecule has 10 rings (SSSR count). The van der Waals surface area contributed by atoms with Crippen molar-refractivity contribution in [2.24, 2.45) is 11.8 Å². The van der Waals surface area contributed by atoms with Gasteiger partial charge in [0.25, 0.3) is 11.5 Å². The molecule has 2 amide bonds. The Morgan fingerprint density at radius 2 is 1.40 bits per heavy atom. The number of H-pyrrole nitrogens is 1. The van der Waals surface area contributed by atoms with E-state index < -0.39 is 126 Å². The van der Waals surface area contributed by atoms with Crippen LogP contribution >= 0.6 is 27.8 Å². The van der Waals surface area contributed by atoms with Crippen molar-refractivity contribution in [3.05, 3.63) is 161 Å². The summed E-state index contributed by atoms with van der Waals surface area (Å²) in [6.07, 6.45) is -5.47. The average Bonchev–Trinajstić information content (AvgIpc) is 1.45. The lowest BCUT2D eigenvalue weighted by Gasteiger charge is -2.40. The van der Waals surface area contributed by atoms with Crippen LogP contribution in [-0.4, -0.2) is 139 Å². The number of aliphatic hydroxyl groups excluding tert-OH is 1. The fourth-order valence-corrected chi connectivity index (χ4v) is 15.7. The van der Waals surface area contributed by atoms with Crippen molar-refractivity contribution in [3.63, 3.8) is 0 Å². The van der Waals surface area contributed by atoms with E-state index in [-0.39, 0.29) is 52.7 Å². The van der Waals surface area contributed by atoms with Gasteiger partial charge in [-0.1, -0.05) is 107 Å². The maximum atomic E-state index is 15.9. The largest absolute Gasteiger partial charge is 0.695 e. The van der Waals surface area contributed by atoms with Gasteiger partial charge in [0.2, 0.25) is 11.9 Å². The molecule has 2 saturated heterocycles. The van der Waals surface area contributed by atoms with Gasteiger partial charge in [0.15, 0.2) is 55.0 Å². The van der Waals surface area contributed by atoms with Crippen molar-refractivity contribution < 1.29 is 70.2 Å². The summed E-state index contributed by atoms with van der Waals surface area (Å²) >= 11 is 1.55. The average molecular weight is 1360 g/mol. The van der Waals surface area contributed by atoms with Crippen molar-refractivity contribution in [2.45, 2.75) is 113 Å². The molecule has 4 aromatic heterocycles. The molecule has 10 atom stereocenters. The van der Waals surface area contributed by atoms with E-state index in [9.17, 15) is 34.2 Å². The van der Waals surface area contributed by atoms with Crippen LogP contribution in [0.1, 0.15) is 87.0 Å². The fraction of sp³-hybridized carbons (Fsp3) is 0.413. The summed E-state index contributed by atoms with van der Waals surface area (Å²) in [5.74, 6) is -0.970. The molecule has 2 aliphatic heterocycles. The van der Waals surface area contributed by atoms with Gasteiger partial charge in [-0.15, -0.1) is 21.2 Å². The highest BCUT2D eigenvalue weighted by atomic mass is 32.2. The lowest BCUT2D eigenvalue weighted by molar-refractivity contribution is -0.118. The number of phosphoric ester groups is 1. The molecule has 2 aliphatic rings. The number of nitrogens with one attached hydrogen (secondary N) is 3. The van der Waals surface area contributed by atoms with Crippen molar-refractivity contribution >= 4 is 82.1 Å². The van der Waals surface area contributed by atoms with E-state index in [0.29, 0.717) is 17.1 Å². The Kier molecular flexibility index (Phi) is 21.7. The number of imidazole rings is 2. The number of thioether (sulfide) groups is 1. The Morgan fingerprint density at radius 1 is 0.809 bits per heavy atom. The van der Waals surface area contributed by atoms with Crippen LogP contribution in [0.2, 0.25) is 18.1 Å². The monoisotopic (exact) mass is 1360 g/mol. The van der Waals surface area contributed by atoms with Gasteiger partial charge in [0.1, 0.15) is 36.1 Å². The molecule has 8 aromatic rings. The first-order chi connectivity index (χ1) is 45.0. The molecule has 27 nitrogen and oxygen atoms in total. The number of fused-ring (bicyclic) bond motifs is 2. The summed E-state index contributed by atoms with van der Waals surface area (Å²) in [6.45, 7) is 11.5. The zero-order valence-corrected chi connectivity index (χ0v) is 56.7. The number of nitrogens with zero attached hydrogens (tertiary/aromatic N) is 8. The number of amides is 2. The van der Waals surface area contributed by atoms with Gasteiger partial charge < -0.3 is 33.8 Å². The SMILES string of the molecule is COc1ccc(C(SCC[C@H]2[C@@H](O[P+](=O)O)[C@H](n3cnc4c(=O)[nH]c(NC(=O)C(C)C)nc43)O[C@@H]2COP(=O)(OCCC#N)O[C@H]2[C@@H](O[Si](C)(C)C(C)(C)C)[C@H](n3cnc4c(NC(=O)c5ccccc5)ncnc43)O[C@@H]2CO)(c2ccccc2)c2ccc(OC)cc2)cc1. The van der Waals surface area contributed by atoms with Crippen LogP contribution < -0.4 is 25.7 Å². The number of aromatic nitrogens is 8. The van der Waals surface area contributed by atoms with Gasteiger partial charge in [-0.3, -0.25) is 47.4 Å². The van der Waals surface area contributed by atoms with E-state index in [0.717, 1.165) is 16.7 Å². The third kappa shape index (κ3) is 14.9. The molecule has 6 heterocycles. The Hall–Kier alpha value is -7.65. The minimum atomic E-state index is -5.04. The lowest BCUT2D eigenvalue weighted by Crippen LogP contribution is -2.49. The van der Waals surface area contributed by atoms with E-state index in [1.165, 1.54) is 23.5 Å². The molecule has 94 heavy (non-hydrogen) atoms. The standard InChI is InChI=1S/C63H73N11O16P2SSi/c1-38(2)56(76)71-61-70-55-49(58(78)72-61)68-37-74(55)59-50(88-91(79)80)45(29-32-93-63(40-19-14-11-15-20-40,41-21-25-43(82-6)26-22-41)42-23-27-44(83-7)28-24-42)47(87-59)34-85-92(81,84-31-16-30-64)89-51-46(33-75)86-60(52(51)90-94(8,9)62(3,4)5)73-36-67-48-53(65-35-66-54(48)73)69-57(77)39-17-12-10-13-18-39/h10-15,17-28,35-38,45-47,50-52,59-60,75H,16,29,31-34H2,1-9H3,(H3-,65,66,69,70,71,72,76,77,78,79,80)/p+1/t45-,46-,47-,50-,51-,52-,59-,60-,92?/m1/s1. The van der Waals surface area contributed by atoms with Gasteiger partial charge in [-0.25, -0.2) is 24.5 Å². The quantitative estimate of drug-likeness (QED) is 0.0132. The summed E-state index contributed by atoms with van der Waals surface area (Å²) in [6, 6.07) is 35.8. The highest BCUT2D eigenvalue weighted by Gasteiger charge is 2.56. The van der Waals surface area contributed by atoms with E-state index in [1.807, 2.05) is 119 Å². The summed E-state index contributed by atoms with van der Waals surface area (Å²) in [5.41, 5.74) is 2.42. The van der Waals surface area contributed by atoms with Crippen molar-refractivity contribution in [1.29, 1.82) is 5.26 Å². The van der Waals surface area contributed by atoms with Crippen molar-refractivity contribution in [3.8, 4) is 17.6 Å². The van der Waals surface area contributed by atoms with Crippen LogP contribution in [0.4, 0.5) is 11.8 Å². The number of methoxy groups -OCH3 is 2. The number of rotatable bonds is 28. The third-order valence-corrected chi connectivity index (χ3v) is 24.8. The second-order valence-electron chi connectivity index (χ2n) is 24.1. The number of aromatic amines is 1. The summed E-state index contributed by atoms with van der Waals surface area (Å²) in [4.78, 5) is 75.8. The zero-order valence-electron chi connectivity index (χ0n) is 53.1. The normalized spacial score (nSPS) is 20.9. The number of phosphoric acid groups is 1. The Balaban J connectivity index is 1.04. The topological polar surface area (TPSA) is 347 Å². The third-order valence-electron chi connectivity index (χ3n) is 16.8. The number of aliphatic hydroxyl groups is 1. The molecule has 0 saturated carbocycles. The van der Waals surface area contributed by atoms with Gasteiger partial charge in [0, 0.05) is 22.0 Å². The molecule has 31 heteroatoms. The van der Waals surface area contributed by atoms with Gasteiger partial charge in [-0.2, -0.15) is 10.2 Å². The summed E-state index contributed by atoms with van der Waals surface area (Å²) < 4.78 is 88.0. The molecule has 2 unspecified atom stereocenters. The Labute approximate surface area is 547 Å². The molecule has 0 bridgehead atoms. The molecule has 0 spiro atoms. The maximum absolute atomic E-state index is 15.9. The van der Waals surface area contributed by atoms with E-state index in [1.54, 1.807) is 74.7 Å². The summed E-state index contributed by atoms with van der Waals surface area (Å²) in [5, 5.41) is 26.0. The van der Waals surface area contributed by atoms with Gasteiger partial charge in [0.05, 0.1) is 70.0 Å². The number of hydrogen-bond acceptors (Lipinski definition) is 22. The van der Waals surface area contributed by atoms with E-state index in [2.05, 4.69) is 40.5 Å². The molecule has 2 fully saturated rings. The molecule has 4 aromatic carbocycles. The zero-order chi connectivity index (χ0) is 67.1. The van der Waals surface area contributed by atoms with E-state index in [4.69, 9.17) is 41.5 Å². The first-order valence-electron chi connectivity index (χ1n) is 30.2. The minimum absolute atomic E-state index is 0.0931. The van der Waals surface area contributed by atoms with Crippen LogP contribution in [0.15, 0.2) is 133 Å². The highest BCUT2D eigenvalue weighted by molar-refractivity contribution is 8.00. The number of anilines is 2. The number of nitriles is 1. The van der Waals surface area contributed by atoms with Crippen LogP contribution in [0, 0.1) is 23.2 Å². The predicted octanol–water partition coefficient (Wildman–Crippen LogP) is 10.2. The lowest BCUT2D eigenvalue weighted by atomic mass is 9.84. The minimum Gasteiger partial charge on any atom is -0.497 e. The molecule has 0 radical (unpaired) electrons. The highest BCUT2D eigenvalue weighted by Crippen LogP contribution is 2.57. The predicted molar refractivity (Wildman–Crippen MR) is 350 cm³/mol. The van der Waals surface area contributed by atoms with Crippen LogP contribution in [0.3, 0.4) is 0 Å². The van der Waals surface area contributed by atoms with Gasteiger partial charge in [-0.05, 0) is 83.4 Å². The first kappa shape index (κ1) is 69.2. The van der Waals surface area contributed by atoms with Crippen LogP contribution in [0.5, 0.6) is 11.5 Å². The number of carbonyl (C=O) groups is 2. The second kappa shape index (κ2) is 29.5. The Morgan fingerprint density at radius 3 is 2.00 bits per heavy atom. The number of benzene rings is 4. The number of carbonyl (C=O) groups excluding carboxylic acids is 2.